The molecule has 0 spiro atoms. The van der Waals surface area contributed by atoms with Gasteiger partial charge in [0.25, 0.3) is 0 Å². The Kier molecular flexibility index (Phi) is 6.26. The predicted octanol–water partition coefficient (Wildman–Crippen LogP) is 5.35. The average molecular weight is 362 g/mol. The van der Waals surface area contributed by atoms with Gasteiger partial charge in [0, 0.05) is 29.9 Å². The van der Waals surface area contributed by atoms with Gasteiger partial charge >= 0.3 is 0 Å². The molecule has 0 amide bonds. The maximum atomic E-state index is 5.30. The first-order valence-corrected chi connectivity index (χ1v) is 9.23. The largest absolute Gasteiger partial charge is 0.497 e. The fourth-order valence-corrected chi connectivity index (χ4v) is 2.67. The maximum Gasteiger partial charge on any atom is 0.225 e. The number of hydrogen-bond acceptors (Lipinski definition) is 5. The highest BCUT2D eigenvalue weighted by Gasteiger charge is 2.08. The topological polar surface area (TPSA) is 59.1 Å². The molecule has 0 radical (unpaired) electrons. The number of nitrogens with one attached hydrogen (secondary N) is 2. The highest BCUT2D eigenvalue weighted by molar-refractivity contribution is 5.67. The molecule has 1 heterocycles. The second kappa shape index (κ2) is 9.03. The molecule has 0 atom stereocenters. The van der Waals surface area contributed by atoms with Gasteiger partial charge in [-0.25, -0.2) is 4.98 Å². The average Bonchev–Trinajstić information content (AvgIpc) is 2.68. The van der Waals surface area contributed by atoms with Gasteiger partial charge in [0.2, 0.25) is 5.95 Å². The Bertz CT molecular complexity index is 865. The number of ether oxygens (including phenoxy) is 1. The highest BCUT2D eigenvalue weighted by Crippen LogP contribution is 2.25. The SMILES string of the molecule is COc1cccc(Nc2cc(-c3ccccc3)nc(NCCC(C)C)n2)c1. The van der Waals surface area contributed by atoms with Gasteiger partial charge in [-0.15, -0.1) is 0 Å². The van der Waals surface area contributed by atoms with E-state index in [1.165, 1.54) is 0 Å². The number of hydrogen-bond donors (Lipinski definition) is 2. The third-order valence-corrected chi connectivity index (χ3v) is 4.14. The van der Waals surface area contributed by atoms with Gasteiger partial charge in [-0.05, 0) is 24.5 Å². The zero-order valence-corrected chi connectivity index (χ0v) is 16.1. The standard InChI is InChI=1S/C22H26N4O/c1-16(2)12-13-23-22-25-20(17-8-5-4-6-9-17)15-21(26-22)24-18-10-7-11-19(14-18)27-3/h4-11,14-16H,12-13H2,1-3H3,(H2,23,24,25,26). The van der Waals surface area contributed by atoms with Crippen LogP contribution in [0.5, 0.6) is 5.75 Å². The first kappa shape index (κ1) is 18.7. The fraction of sp³-hybridized carbons (Fsp3) is 0.273. The molecule has 0 saturated heterocycles. The van der Waals surface area contributed by atoms with Crippen LogP contribution in [-0.2, 0) is 0 Å². The van der Waals surface area contributed by atoms with Gasteiger partial charge in [-0.2, -0.15) is 4.98 Å². The Morgan fingerprint density at radius 1 is 0.963 bits per heavy atom. The van der Waals surface area contributed by atoms with Crippen LogP contribution in [0.4, 0.5) is 17.5 Å². The van der Waals surface area contributed by atoms with Crippen molar-refractivity contribution in [1.29, 1.82) is 0 Å². The molecule has 0 aliphatic rings. The summed E-state index contributed by atoms with van der Waals surface area (Å²) in [4.78, 5) is 9.32. The van der Waals surface area contributed by atoms with Crippen LogP contribution in [0.15, 0.2) is 60.7 Å². The monoisotopic (exact) mass is 362 g/mol. The second-order valence-electron chi connectivity index (χ2n) is 6.79. The molecule has 5 nitrogen and oxygen atoms in total. The summed E-state index contributed by atoms with van der Waals surface area (Å²) in [6, 6.07) is 19.9. The molecule has 0 fully saturated rings. The van der Waals surface area contributed by atoms with Gasteiger partial charge in [0.1, 0.15) is 11.6 Å². The first-order chi connectivity index (χ1) is 13.1. The van der Waals surface area contributed by atoms with Crippen molar-refractivity contribution in [3.05, 3.63) is 60.7 Å². The highest BCUT2D eigenvalue weighted by atomic mass is 16.5. The van der Waals surface area contributed by atoms with Gasteiger partial charge < -0.3 is 15.4 Å². The van der Waals surface area contributed by atoms with E-state index in [4.69, 9.17) is 4.74 Å². The molecule has 1 aromatic heterocycles. The van der Waals surface area contributed by atoms with Crippen molar-refractivity contribution in [3.8, 4) is 17.0 Å². The minimum Gasteiger partial charge on any atom is -0.497 e. The molecule has 0 aliphatic carbocycles. The lowest BCUT2D eigenvalue weighted by atomic mass is 10.1. The molecule has 3 aromatic rings. The minimum absolute atomic E-state index is 0.627. The van der Waals surface area contributed by atoms with Crippen molar-refractivity contribution in [2.75, 3.05) is 24.3 Å². The Morgan fingerprint density at radius 3 is 2.52 bits per heavy atom. The number of methoxy groups -OCH3 is 1. The molecule has 140 valence electrons. The van der Waals surface area contributed by atoms with Crippen LogP contribution in [0.3, 0.4) is 0 Å². The summed E-state index contributed by atoms with van der Waals surface area (Å²) in [5, 5.41) is 6.71. The lowest BCUT2D eigenvalue weighted by Crippen LogP contribution is -2.09. The third-order valence-electron chi connectivity index (χ3n) is 4.14. The lowest BCUT2D eigenvalue weighted by molar-refractivity contribution is 0.415. The van der Waals surface area contributed by atoms with Crippen LogP contribution >= 0.6 is 0 Å². The van der Waals surface area contributed by atoms with Crippen LogP contribution in [0.25, 0.3) is 11.3 Å². The molecule has 27 heavy (non-hydrogen) atoms. The normalized spacial score (nSPS) is 10.7. The fourth-order valence-electron chi connectivity index (χ4n) is 2.67. The summed E-state index contributed by atoms with van der Waals surface area (Å²) >= 11 is 0. The summed E-state index contributed by atoms with van der Waals surface area (Å²) in [5.41, 5.74) is 2.85. The van der Waals surface area contributed by atoms with E-state index < -0.39 is 0 Å². The van der Waals surface area contributed by atoms with E-state index in [0.717, 1.165) is 41.5 Å². The van der Waals surface area contributed by atoms with E-state index in [2.05, 4.69) is 46.6 Å². The summed E-state index contributed by atoms with van der Waals surface area (Å²) in [6.07, 6.45) is 1.07. The Hall–Kier alpha value is -3.08. The molecule has 2 N–H and O–H groups in total. The molecular weight excluding hydrogens is 336 g/mol. The Morgan fingerprint density at radius 2 is 1.78 bits per heavy atom. The summed E-state index contributed by atoms with van der Waals surface area (Å²) < 4.78 is 5.30. The van der Waals surface area contributed by atoms with Crippen molar-refractivity contribution in [2.24, 2.45) is 5.92 Å². The zero-order chi connectivity index (χ0) is 19.1. The molecule has 0 aliphatic heterocycles. The molecule has 0 unspecified atom stereocenters. The zero-order valence-electron chi connectivity index (χ0n) is 16.1. The van der Waals surface area contributed by atoms with Crippen molar-refractivity contribution in [2.45, 2.75) is 20.3 Å². The van der Waals surface area contributed by atoms with Gasteiger partial charge in [0.15, 0.2) is 0 Å². The molecule has 0 saturated carbocycles. The van der Waals surface area contributed by atoms with E-state index in [0.29, 0.717) is 11.9 Å². The maximum absolute atomic E-state index is 5.30. The number of anilines is 3. The smallest absolute Gasteiger partial charge is 0.225 e. The van der Waals surface area contributed by atoms with Crippen molar-refractivity contribution >= 4 is 17.5 Å². The van der Waals surface area contributed by atoms with E-state index in [1.807, 2.05) is 48.5 Å². The van der Waals surface area contributed by atoms with E-state index >= 15 is 0 Å². The lowest BCUT2D eigenvalue weighted by Gasteiger charge is -2.12. The summed E-state index contributed by atoms with van der Waals surface area (Å²) in [6.45, 7) is 5.26. The van der Waals surface area contributed by atoms with Gasteiger partial charge in [-0.1, -0.05) is 50.2 Å². The number of aromatic nitrogens is 2. The predicted molar refractivity (Wildman–Crippen MR) is 112 cm³/mol. The molecule has 0 bridgehead atoms. The van der Waals surface area contributed by atoms with Crippen molar-refractivity contribution in [3.63, 3.8) is 0 Å². The molecular formula is C22H26N4O. The van der Waals surface area contributed by atoms with Crippen LogP contribution in [-0.4, -0.2) is 23.6 Å². The van der Waals surface area contributed by atoms with Gasteiger partial charge in [0.05, 0.1) is 12.8 Å². The van der Waals surface area contributed by atoms with Crippen molar-refractivity contribution in [1.82, 2.24) is 9.97 Å². The van der Waals surface area contributed by atoms with Crippen molar-refractivity contribution < 1.29 is 4.74 Å². The molecule has 5 heteroatoms. The number of nitrogens with zero attached hydrogens (tertiary/aromatic N) is 2. The van der Waals surface area contributed by atoms with Crippen LogP contribution < -0.4 is 15.4 Å². The molecule has 3 rings (SSSR count). The quantitative estimate of drug-likeness (QED) is 0.565. The number of benzene rings is 2. The Labute approximate surface area is 160 Å². The van der Waals surface area contributed by atoms with Crippen LogP contribution in [0.1, 0.15) is 20.3 Å². The minimum atomic E-state index is 0.627. The summed E-state index contributed by atoms with van der Waals surface area (Å²) in [7, 11) is 1.66. The summed E-state index contributed by atoms with van der Waals surface area (Å²) in [5.74, 6) is 2.79. The van der Waals surface area contributed by atoms with Gasteiger partial charge in [-0.3, -0.25) is 0 Å². The third kappa shape index (κ3) is 5.45. The second-order valence-corrected chi connectivity index (χ2v) is 6.79. The van der Waals surface area contributed by atoms with Crippen LogP contribution in [0, 0.1) is 5.92 Å². The van der Waals surface area contributed by atoms with Crippen LogP contribution in [0.2, 0.25) is 0 Å². The van der Waals surface area contributed by atoms with E-state index in [-0.39, 0.29) is 0 Å². The first-order valence-electron chi connectivity index (χ1n) is 9.23. The molecule has 2 aromatic carbocycles. The Balaban J connectivity index is 1.88. The number of rotatable bonds is 8. The van der Waals surface area contributed by atoms with E-state index in [9.17, 15) is 0 Å². The van der Waals surface area contributed by atoms with E-state index in [1.54, 1.807) is 7.11 Å².